The highest BCUT2D eigenvalue weighted by molar-refractivity contribution is 7.89. The van der Waals surface area contributed by atoms with Gasteiger partial charge in [0.05, 0.1) is 5.56 Å². The van der Waals surface area contributed by atoms with Crippen LogP contribution in [0.4, 0.5) is 0 Å². The molecule has 2 rings (SSSR count). The van der Waals surface area contributed by atoms with Crippen LogP contribution in [0.1, 0.15) is 22.8 Å². The largest absolute Gasteiger partial charge is 0.478 e. The van der Waals surface area contributed by atoms with Crippen LogP contribution in [0.3, 0.4) is 0 Å². The third-order valence-electron chi connectivity index (χ3n) is 2.74. The van der Waals surface area contributed by atoms with Gasteiger partial charge in [-0.3, -0.25) is 0 Å². The van der Waals surface area contributed by atoms with Crippen molar-refractivity contribution in [2.45, 2.75) is 24.4 Å². The summed E-state index contributed by atoms with van der Waals surface area (Å²) in [5, 5.41) is 12.5. The number of nitrogens with zero attached hydrogens (tertiary/aromatic N) is 1. The zero-order valence-corrected chi connectivity index (χ0v) is 12.8. The molecule has 2 heterocycles. The predicted molar refractivity (Wildman–Crippen MR) is 79.0 cm³/mol. The van der Waals surface area contributed by atoms with Crippen molar-refractivity contribution in [1.29, 1.82) is 0 Å². The van der Waals surface area contributed by atoms with Gasteiger partial charge in [-0.05, 0) is 47.9 Å². The minimum Gasteiger partial charge on any atom is -0.478 e. The van der Waals surface area contributed by atoms with Gasteiger partial charge >= 0.3 is 5.97 Å². The summed E-state index contributed by atoms with van der Waals surface area (Å²) < 4.78 is 26.8. The Morgan fingerprint density at radius 1 is 1.43 bits per heavy atom. The first-order chi connectivity index (χ1) is 9.88. The number of aromatic nitrogens is 1. The summed E-state index contributed by atoms with van der Waals surface area (Å²) in [6, 6.07) is 4.05. The molecule has 0 aliphatic rings. The van der Waals surface area contributed by atoms with Crippen molar-refractivity contribution in [3.63, 3.8) is 0 Å². The zero-order chi connectivity index (χ0) is 15.5. The van der Waals surface area contributed by atoms with E-state index in [1.54, 1.807) is 18.3 Å². The lowest BCUT2D eigenvalue weighted by molar-refractivity contribution is 0.0696. The van der Waals surface area contributed by atoms with Gasteiger partial charge in [-0.2, -0.15) is 11.3 Å². The maximum Gasteiger partial charge on any atom is 0.337 e. The molecule has 0 aliphatic heterocycles. The first kappa shape index (κ1) is 15.6. The van der Waals surface area contributed by atoms with Crippen molar-refractivity contribution in [2.24, 2.45) is 0 Å². The van der Waals surface area contributed by atoms with Gasteiger partial charge in [0.2, 0.25) is 0 Å². The third kappa shape index (κ3) is 4.10. The summed E-state index contributed by atoms with van der Waals surface area (Å²) in [6.45, 7) is 1.76. The number of nitrogens with one attached hydrogen (secondary N) is 1. The van der Waals surface area contributed by atoms with E-state index in [1.165, 1.54) is 12.1 Å². The molecule has 1 unspecified atom stereocenters. The Kier molecular flexibility index (Phi) is 4.71. The molecule has 2 N–H and O–H groups in total. The third-order valence-corrected chi connectivity index (χ3v) is 4.97. The topological polar surface area (TPSA) is 96.4 Å². The first-order valence-electron chi connectivity index (χ1n) is 6.11. The highest BCUT2D eigenvalue weighted by Gasteiger charge is 2.19. The van der Waals surface area contributed by atoms with Crippen molar-refractivity contribution >= 4 is 27.3 Å². The van der Waals surface area contributed by atoms with Crippen molar-refractivity contribution in [1.82, 2.24) is 9.71 Å². The van der Waals surface area contributed by atoms with Crippen molar-refractivity contribution < 1.29 is 18.3 Å². The van der Waals surface area contributed by atoms with Crippen LogP contribution in [-0.4, -0.2) is 30.5 Å². The Morgan fingerprint density at radius 3 is 2.71 bits per heavy atom. The molecule has 0 spiro atoms. The summed E-state index contributed by atoms with van der Waals surface area (Å²) in [4.78, 5) is 14.4. The van der Waals surface area contributed by atoms with Crippen molar-refractivity contribution in [3.8, 4) is 0 Å². The summed E-state index contributed by atoms with van der Waals surface area (Å²) in [6.07, 6.45) is 1.61. The van der Waals surface area contributed by atoms with E-state index in [0.29, 0.717) is 6.42 Å². The molecule has 0 aliphatic carbocycles. The summed E-state index contributed by atoms with van der Waals surface area (Å²) >= 11 is 1.56. The van der Waals surface area contributed by atoms with Gasteiger partial charge in [0, 0.05) is 12.2 Å². The van der Waals surface area contributed by atoms with E-state index in [9.17, 15) is 13.2 Å². The Labute approximate surface area is 126 Å². The number of hydrogen-bond acceptors (Lipinski definition) is 5. The van der Waals surface area contributed by atoms with E-state index in [2.05, 4.69) is 9.71 Å². The number of thiophene rings is 1. The second kappa shape index (κ2) is 6.33. The molecule has 0 fully saturated rings. The summed E-state index contributed by atoms with van der Waals surface area (Å²) in [7, 11) is -3.76. The van der Waals surface area contributed by atoms with E-state index in [1.807, 2.05) is 16.8 Å². The first-order valence-corrected chi connectivity index (χ1v) is 8.54. The van der Waals surface area contributed by atoms with E-state index in [-0.39, 0.29) is 16.6 Å². The average Bonchev–Trinajstić information content (AvgIpc) is 2.90. The van der Waals surface area contributed by atoms with Gasteiger partial charge in [-0.15, -0.1) is 0 Å². The highest BCUT2D eigenvalue weighted by Crippen LogP contribution is 2.11. The smallest absolute Gasteiger partial charge is 0.337 e. The summed E-state index contributed by atoms with van der Waals surface area (Å²) in [5.41, 5.74) is 1.00. The predicted octanol–water partition coefficient (Wildman–Crippen LogP) is 1.75. The van der Waals surface area contributed by atoms with E-state index >= 15 is 0 Å². The van der Waals surface area contributed by atoms with Crippen LogP contribution in [-0.2, 0) is 16.4 Å². The molecule has 8 heteroatoms. The maximum absolute atomic E-state index is 12.1. The Morgan fingerprint density at radius 2 is 2.19 bits per heavy atom. The molecule has 0 saturated carbocycles. The molecule has 1 atom stereocenters. The van der Waals surface area contributed by atoms with E-state index in [4.69, 9.17) is 5.11 Å². The van der Waals surface area contributed by atoms with E-state index < -0.39 is 16.0 Å². The number of carboxylic acid groups (broad SMARTS) is 1. The maximum atomic E-state index is 12.1. The number of carboxylic acids is 1. The van der Waals surface area contributed by atoms with Crippen LogP contribution in [0.5, 0.6) is 0 Å². The molecule has 0 bridgehead atoms. The molecule has 0 saturated heterocycles. The van der Waals surface area contributed by atoms with Crippen LogP contribution in [0.25, 0.3) is 0 Å². The molecular weight excluding hydrogens is 312 g/mol. The second-order valence-electron chi connectivity index (χ2n) is 4.55. The van der Waals surface area contributed by atoms with Gasteiger partial charge in [-0.1, -0.05) is 0 Å². The summed E-state index contributed by atoms with van der Waals surface area (Å²) in [5.74, 6) is -1.15. The molecule has 6 nitrogen and oxygen atoms in total. The van der Waals surface area contributed by atoms with Crippen LogP contribution in [0.2, 0.25) is 0 Å². The van der Waals surface area contributed by atoms with Crippen LogP contribution in [0, 0.1) is 0 Å². The average molecular weight is 326 g/mol. The van der Waals surface area contributed by atoms with E-state index in [0.717, 1.165) is 11.8 Å². The minimum absolute atomic E-state index is 0.0553. The Balaban J connectivity index is 2.08. The van der Waals surface area contributed by atoms with Gasteiger partial charge in [-0.25, -0.2) is 22.9 Å². The highest BCUT2D eigenvalue weighted by atomic mass is 32.2. The molecule has 112 valence electrons. The Hall–Kier alpha value is -1.77. The van der Waals surface area contributed by atoms with Gasteiger partial charge in [0.1, 0.15) is 0 Å². The fraction of sp³-hybridized carbons (Fsp3) is 0.231. The molecule has 0 amide bonds. The number of aromatic carboxylic acids is 1. The fourth-order valence-electron chi connectivity index (χ4n) is 1.80. The molecule has 0 radical (unpaired) electrons. The normalized spacial score (nSPS) is 13.0. The molecule has 0 aromatic carbocycles. The van der Waals surface area contributed by atoms with Gasteiger partial charge < -0.3 is 5.11 Å². The number of pyridine rings is 1. The zero-order valence-electron chi connectivity index (χ0n) is 11.2. The number of hydrogen-bond donors (Lipinski definition) is 2. The van der Waals surface area contributed by atoms with Crippen LogP contribution >= 0.6 is 11.3 Å². The SMILES string of the molecule is CC(Cc1ccsc1)NS(=O)(=O)c1ccc(C(=O)O)cn1. The van der Waals surface area contributed by atoms with Crippen molar-refractivity contribution in [2.75, 3.05) is 0 Å². The quantitative estimate of drug-likeness (QED) is 0.843. The lowest BCUT2D eigenvalue weighted by Crippen LogP contribution is -2.34. The minimum atomic E-state index is -3.76. The monoisotopic (exact) mass is 326 g/mol. The van der Waals surface area contributed by atoms with Crippen LogP contribution in [0.15, 0.2) is 40.2 Å². The number of carbonyl (C=O) groups is 1. The van der Waals surface area contributed by atoms with Crippen molar-refractivity contribution in [3.05, 3.63) is 46.3 Å². The number of rotatable bonds is 6. The lowest BCUT2D eigenvalue weighted by Gasteiger charge is -2.13. The fourth-order valence-corrected chi connectivity index (χ4v) is 3.65. The molecular formula is C13H14N2O4S2. The van der Waals surface area contributed by atoms with Gasteiger partial charge in [0.15, 0.2) is 5.03 Å². The Bertz CT molecular complexity index is 709. The molecule has 2 aromatic rings. The molecule has 2 aromatic heterocycles. The second-order valence-corrected chi connectivity index (χ2v) is 6.99. The lowest BCUT2D eigenvalue weighted by atomic mass is 10.1. The van der Waals surface area contributed by atoms with Crippen LogP contribution < -0.4 is 4.72 Å². The standard InChI is InChI=1S/C13H14N2O4S2/c1-9(6-10-4-5-20-8-10)15-21(18,19)12-3-2-11(7-14-12)13(16)17/h2-5,7-9,15H,6H2,1H3,(H,16,17). The molecule has 21 heavy (non-hydrogen) atoms. The number of sulfonamides is 1. The van der Waals surface area contributed by atoms with Gasteiger partial charge in [0.25, 0.3) is 10.0 Å².